The van der Waals surface area contributed by atoms with E-state index in [4.69, 9.17) is 5.73 Å². The van der Waals surface area contributed by atoms with Crippen molar-refractivity contribution in [1.82, 2.24) is 10.3 Å². The first-order chi connectivity index (χ1) is 7.17. The van der Waals surface area contributed by atoms with E-state index in [0.717, 1.165) is 11.4 Å². The molecule has 0 bridgehead atoms. The Morgan fingerprint density at radius 3 is 2.93 bits per heavy atom. The molecule has 0 spiro atoms. The second-order valence-electron chi connectivity index (χ2n) is 3.31. The lowest BCUT2D eigenvalue weighted by Crippen LogP contribution is -2.39. The average molecular weight is 227 g/mol. The molecule has 1 atom stereocenters. The topological polar surface area (TPSA) is 68.0 Å². The summed E-state index contributed by atoms with van der Waals surface area (Å²) < 4.78 is 0. The number of aromatic nitrogens is 1. The summed E-state index contributed by atoms with van der Waals surface area (Å²) in [6.45, 7) is 4.46. The molecule has 5 heteroatoms. The number of nitrogens with zero attached hydrogens (tertiary/aromatic N) is 1. The Morgan fingerprint density at radius 1 is 1.67 bits per heavy atom. The van der Waals surface area contributed by atoms with Gasteiger partial charge < -0.3 is 11.1 Å². The molecule has 0 aliphatic carbocycles. The fourth-order valence-corrected chi connectivity index (χ4v) is 1.87. The smallest absolute Gasteiger partial charge is 0.237 e. The van der Waals surface area contributed by atoms with E-state index < -0.39 is 6.04 Å². The van der Waals surface area contributed by atoms with Crippen LogP contribution in [-0.4, -0.2) is 16.9 Å². The molecule has 1 aromatic rings. The summed E-state index contributed by atoms with van der Waals surface area (Å²) in [5.41, 5.74) is 5.58. The van der Waals surface area contributed by atoms with Crippen LogP contribution in [0, 0.1) is 0 Å². The summed E-state index contributed by atoms with van der Waals surface area (Å²) in [5.74, 6) is -0.106. The van der Waals surface area contributed by atoms with Crippen molar-refractivity contribution in [3.63, 3.8) is 0 Å². The minimum atomic E-state index is -0.407. The number of hydrogen-bond acceptors (Lipinski definition) is 4. The molecule has 1 amide bonds. The minimum Gasteiger partial charge on any atom is -0.348 e. The van der Waals surface area contributed by atoms with E-state index in [1.165, 1.54) is 4.88 Å². The zero-order valence-corrected chi connectivity index (χ0v) is 9.93. The van der Waals surface area contributed by atoms with E-state index in [2.05, 4.69) is 17.2 Å². The van der Waals surface area contributed by atoms with Crippen LogP contribution < -0.4 is 11.1 Å². The summed E-state index contributed by atoms with van der Waals surface area (Å²) in [6.07, 6.45) is 3.50. The second kappa shape index (κ2) is 5.82. The summed E-state index contributed by atoms with van der Waals surface area (Å²) in [4.78, 5) is 16.8. The zero-order chi connectivity index (χ0) is 11.3. The summed E-state index contributed by atoms with van der Waals surface area (Å²) in [5, 5.41) is 3.70. The van der Waals surface area contributed by atoms with Crippen LogP contribution in [0.1, 0.15) is 30.2 Å². The van der Waals surface area contributed by atoms with Crippen LogP contribution in [0.15, 0.2) is 6.20 Å². The number of amides is 1. The standard InChI is InChI=1S/C10H17N3OS/c1-3-7-5-12-9(15-7)6-13-10(14)8(11)4-2/h5,8H,3-4,6,11H2,1-2H3,(H,13,14)/t8-/m1/s1. The van der Waals surface area contributed by atoms with Crippen LogP contribution in [0.5, 0.6) is 0 Å². The summed E-state index contributed by atoms with van der Waals surface area (Å²) >= 11 is 1.63. The van der Waals surface area contributed by atoms with Crippen LogP contribution in [0.25, 0.3) is 0 Å². The number of carbonyl (C=O) groups excluding carboxylic acids is 1. The first kappa shape index (κ1) is 12.1. The van der Waals surface area contributed by atoms with Crippen molar-refractivity contribution in [2.24, 2.45) is 5.73 Å². The number of nitrogens with one attached hydrogen (secondary N) is 1. The van der Waals surface area contributed by atoms with Crippen LogP contribution in [0.3, 0.4) is 0 Å². The molecule has 0 aliphatic rings. The lowest BCUT2D eigenvalue weighted by Gasteiger charge is -2.08. The van der Waals surface area contributed by atoms with Crippen molar-refractivity contribution in [3.8, 4) is 0 Å². The lowest BCUT2D eigenvalue weighted by atomic mass is 10.2. The predicted octanol–water partition coefficient (Wildman–Crippen LogP) is 1.06. The number of rotatable bonds is 5. The van der Waals surface area contributed by atoms with Crippen molar-refractivity contribution in [3.05, 3.63) is 16.1 Å². The zero-order valence-electron chi connectivity index (χ0n) is 9.12. The fraction of sp³-hybridized carbons (Fsp3) is 0.600. The van der Waals surface area contributed by atoms with Crippen molar-refractivity contribution < 1.29 is 4.79 Å². The second-order valence-corrected chi connectivity index (χ2v) is 4.51. The van der Waals surface area contributed by atoms with Crippen LogP contribution in [-0.2, 0) is 17.8 Å². The minimum absolute atomic E-state index is 0.106. The Labute approximate surface area is 93.9 Å². The Bertz CT molecular complexity index is 324. The number of carbonyl (C=O) groups is 1. The molecule has 0 aromatic carbocycles. The van der Waals surface area contributed by atoms with E-state index in [0.29, 0.717) is 13.0 Å². The Morgan fingerprint density at radius 2 is 2.40 bits per heavy atom. The molecular formula is C10H17N3OS. The maximum absolute atomic E-state index is 11.4. The van der Waals surface area contributed by atoms with Gasteiger partial charge in [0.25, 0.3) is 0 Å². The normalized spacial score (nSPS) is 12.5. The van der Waals surface area contributed by atoms with Gasteiger partial charge in [-0.05, 0) is 12.8 Å². The van der Waals surface area contributed by atoms with Gasteiger partial charge in [-0.3, -0.25) is 4.79 Å². The lowest BCUT2D eigenvalue weighted by molar-refractivity contribution is -0.122. The number of nitrogens with two attached hydrogens (primary N) is 1. The van der Waals surface area contributed by atoms with Gasteiger partial charge in [0.1, 0.15) is 5.01 Å². The van der Waals surface area contributed by atoms with Gasteiger partial charge in [0.05, 0.1) is 12.6 Å². The molecule has 84 valence electrons. The molecule has 4 nitrogen and oxygen atoms in total. The van der Waals surface area contributed by atoms with Gasteiger partial charge in [0, 0.05) is 11.1 Å². The molecular weight excluding hydrogens is 210 g/mol. The van der Waals surface area contributed by atoms with Crippen molar-refractivity contribution >= 4 is 17.2 Å². The SMILES string of the molecule is CCc1cnc(CNC(=O)[C@H](N)CC)s1. The van der Waals surface area contributed by atoms with Gasteiger partial charge in [-0.2, -0.15) is 0 Å². The monoisotopic (exact) mass is 227 g/mol. The number of thiazole rings is 1. The third kappa shape index (κ3) is 3.60. The Hall–Kier alpha value is -0.940. The van der Waals surface area contributed by atoms with Gasteiger partial charge in [-0.1, -0.05) is 13.8 Å². The Balaban J connectivity index is 2.40. The average Bonchev–Trinajstić information content (AvgIpc) is 2.72. The highest BCUT2D eigenvalue weighted by Crippen LogP contribution is 2.12. The molecule has 3 N–H and O–H groups in total. The van der Waals surface area contributed by atoms with Crippen LogP contribution in [0.2, 0.25) is 0 Å². The maximum atomic E-state index is 11.4. The van der Waals surface area contributed by atoms with Crippen molar-refractivity contribution in [2.45, 2.75) is 39.3 Å². The van der Waals surface area contributed by atoms with Crippen LogP contribution in [0.4, 0.5) is 0 Å². The van der Waals surface area contributed by atoms with Gasteiger partial charge in [-0.15, -0.1) is 11.3 Å². The van der Waals surface area contributed by atoms with E-state index in [9.17, 15) is 4.79 Å². The molecule has 0 saturated carbocycles. The highest BCUT2D eigenvalue weighted by molar-refractivity contribution is 7.11. The quantitative estimate of drug-likeness (QED) is 0.790. The first-order valence-electron chi connectivity index (χ1n) is 5.14. The molecule has 0 saturated heterocycles. The van der Waals surface area contributed by atoms with Crippen LogP contribution >= 0.6 is 11.3 Å². The third-order valence-electron chi connectivity index (χ3n) is 2.14. The number of aryl methyl sites for hydroxylation is 1. The number of hydrogen-bond donors (Lipinski definition) is 2. The van der Waals surface area contributed by atoms with E-state index in [1.807, 2.05) is 13.1 Å². The van der Waals surface area contributed by atoms with E-state index >= 15 is 0 Å². The highest BCUT2D eigenvalue weighted by Gasteiger charge is 2.10. The molecule has 0 unspecified atom stereocenters. The molecule has 1 heterocycles. The first-order valence-corrected chi connectivity index (χ1v) is 5.95. The van der Waals surface area contributed by atoms with Gasteiger partial charge in [-0.25, -0.2) is 4.98 Å². The van der Waals surface area contributed by atoms with Gasteiger partial charge in [0.2, 0.25) is 5.91 Å². The Kier molecular flexibility index (Phi) is 4.71. The highest BCUT2D eigenvalue weighted by atomic mass is 32.1. The third-order valence-corrected chi connectivity index (χ3v) is 3.28. The molecule has 0 fully saturated rings. The molecule has 1 rings (SSSR count). The molecule has 0 radical (unpaired) electrons. The van der Waals surface area contributed by atoms with Gasteiger partial charge >= 0.3 is 0 Å². The molecule has 0 aliphatic heterocycles. The maximum Gasteiger partial charge on any atom is 0.237 e. The summed E-state index contributed by atoms with van der Waals surface area (Å²) in [6, 6.07) is -0.407. The fourth-order valence-electron chi connectivity index (χ4n) is 1.07. The largest absolute Gasteiger partial charge is 0.348 e. The van der Waals surface area contributed by atoms with Gasteiger partial charge in [0.15, 0.2) is 0 Å². The van der Waals surface area contributed by atoms with E-state index in [1.54, 1.807) is 11.3 Å². The van der Waals surface area contributed by atoms with Crippen molar-refractivity contribution in [2.75, 3.05) is 0 Å². The van der Waals surface area contributed by atoms with Crippen molar-refractivity contribution in [1.29, 1.82) is 0 Å². The molecule has 15 heavy (non-hydrogen) atoms. The predicted molar refractivity (Wildman–Crippen MR) is 61.6 cm³/mol. The van der Waals surface area contributed by atoms with E-state index in [-0.39, 0.29) is 5.91 Å². The molecule has 1 aromatic heterocycles. The summed E-state index contributed by atoms with van der Waals surface area (Å²) in [7, 11) is 0.